The molecule has 0 saturated heterocycles. The van der Waals surface area contributed by atoms with E-state index in [9.17, 15) is 9.59 Å². The number of rotatable bonds is 11. The highest BCUT2D eigenvalue weighted by atomic mass is 16.5. The third kappa shape index (κ3) is 7.60. The summed E-state index contributed by atoms with van der Waals surface area (Å²) < 4.78 is 22.5. The van der Waals surface area contributed by atoms with Gasteiger partial charge >= 0.3 is 11.9 Å². The molecule has 0 N–H and O–H groups in total. The van der Waals surface area contributed by atoms with Crippen molar-refractivity contribution >= 4 is 11.9 Å². The fraction of sp³-hybridized carbons (Fsp3) is 0.310. The van der Waals surface area contributed by atoms with Crippen molar-refractivity contribution in [2.24, 2.45) is 11.8 Å². The van der Waals surface area contributed by atoms with E-state index in [2.05, 4.69) is 6.58 Å². The van der Waals surface area contributed by atoms with E-state index in [1.54, 1.807) is 0 Å². The minimum atomic E-state index is -0.587. The summed E-state index contributed by atoms with van der Waals surface area (Å²) in [5.74, 6) is -1.24. The number of carbonyl (C=O) groups excluding carboxylic acids is 2. The van der Waals surface area contributed by atoms with E-state index in [4.69, 9.17) is 18.9 Å². The van der Waals surface area contributed by atoms with Gasteiger partial charge in [-0.25, -0.2) is 4.79 Å². The number of ether oxygens (including phenoxy) is 4. The Morgan fingerprint density at radius 1 is 0.943 bits per heavy atom. The number of esters is 2. The van der Waals surface area contributed by atoms with Crippen molar-refractivity contribution in [1.29, 1.82) is 0 Å². The topological polar surface area (TPSA) is 71.1 Å². The molecule has 35 heavy (non-hydrogen) atoms. The summed E-state index contributed by atoms with van der Waals surface area (Å²) in [5.41, 5.74) is 2.53. The van der Waals surface area contributed by atoms with Crippen LogP contribution in [0.2, 0.25) is 0 Å². The molecule has 0 amide bonds. The molecule has 0 radical (unpaired) electrons. The third-order valence-electron chi connectivity index (χ3n) is 5.69. The summed E-state index contributed by atoms with van der Waals surface area (Å²) in [6.07, 6.45) is 4.51. The van der Waals surface area contributed by atoms with Crippen LogP contribution in [0.25, 0.3) is 0 Å². The monoisotopic (exact) mass is 476 g/mol. The average Bonchev–Trinajstić information content (AvgIpc) is 2.88. The van der Waals surface area contributed by atoms with Crippen LogP contribution in [-0.4, -0.2) is 24.6 Å². The van der Waals surface area contributed by atoms with Crippen molar-refractivity contribution < 1.29 is 28.5 Å². The molecule has 0 aromatic heterocycles. The predicted molar refractivity (Wildman–Crippen MR) is 133 cm³/mol. The average molecular weight is 477 g/mol. The van der Waals surface area contributed by atoms with Crippen molar-refractivity contribution in [3.63, 3.8) is 0 Å². The van der Waals surface area contributed by atoms with E-state index in [1.807, 2.05) is 80.6 Å². The predicted octanol–water partition coefficient (Wildman–Crippen LogP) is 5.50. The lowest BCUT2D eigenvalue weighted by atomic mass is 9.79. The fourth-order valence-electron chi connectivity index (χ4n) is 4.03. The lowest BCUT2D eigenvalue weighted by Gasteiger charge is -2.34. The fourth-order valence-corrected chi connectivity index (χ4v) is 4.03. The van der Waals surface area contributed by atoms with Gasteiger partial charge in [0.1, 0.15) is 25.1 Å². The highest BCUT2D eigenvalue weighted by Gasteiger charge is 2.39. The standard InChI is InChI=1S/C29H32O6/c1-4-32-26(18-27(30)34-19-22-12-8-6-9-13-22)24-16-21(3)28(33-5-2)25(17-24)29(31)35-20-23-14-10-7-11-15-23/h5-16,18,21,25,28H,2,4,17,19-20H2,1,3H3/b26-18-. The minimum absolute atomic E-state index is 0.143. The molecule has 0 fully saturated rings. The second-order valence-electron chi connectivity index (χ2n) is 8.26. The summed E-state index contributed by atoms with van der Waals surface area (Å²) in [4.78, 5) is 25.6. The first-order valence-electron chi connectivity index (χ1n) is 11.7. The Morgan fingerprint density at radius 3 is 2.11 bits per heavy atom. The van der Waals surface area contributed by atoms with Crippen molar-refractivity contribution in [2.45, 2.75) is 39.6 Å². The molecule has 6 nitrogen and oxygen atoms in total. The first-order valence-corrected chi connectivity index (χ1v) is 11.7. The number of benzene rings is 2. The van der Waals surface area contributed by atoms with Crippen LogP contribution in [-0.2, 0) is 41.8 Å². The summed E-state index contributed by atoms with van der Waals surface area (Å²) in [6.45, 7) is 8.13. The Labute approximate surface area is 206 Å². The zero-order valence-electron chi connectivity index (χ0n) is 20.2. The molecule has 3 rings (SSSR count). The van der Waals surface area contributed by atoms with Crippen LogP contribution < -0.4 is 0 Å². The van der Waals surface area contributed by atoms with Crippen LogP contribution in [0.4, 0.5) is 0 Å². The molecule has 0 saturated carbocycles. The molecule has 184 valence electrons. The zero-order valence-corrected chi connectivity index (χ0v) is 20.2. The van der Waals surface area contributed by atoms with Gasteiger partial charge in [-0.3, -0.25) is 4.79 Å². The summed E-state index contributed by atoms with van der Waals surface area (Å²) in [7, 11) is 0. The molecule has 2 aromatic rings. The summed E-state index contributed by atoms with van der Waals surface area (Å²) >= 11 is 0. The molecule has 1 aliphatic rings. The van der Waals surface area contributed by atoms with Crippen LogP contribution in [0, 0.1) is 11.8 Å². The van der Waals surface area contributed by atoms with Crippen LogP contribution in [0.1, 0.15) is 31.4 Å². The Hall–Kier alpha value is -3.80. The van der Waals surface area contributed by atoms with E-state index in [-0.39, 0.29) is 25.1 Å². The van der Waals surface area contributed by atoms with Crippen LogP contribution in [0.5, 0.6) is 0 Å². The van der Waals surface area contributed by atoms with Gasteiger partial charge < -0.3 is 18.9 Å². The van der Waals surface area contributed by atoms with Crippen LogP contribution >= 0.6 is 0 Å². The third-order valence-corrected chi connectivity index (χ3v) is 5.69. The largest absolute Gasteiger partial charge is 0.497 e. The van der Waals surface area contributed by atoms with Gasteiger partial charge in [-0.15, -0.1) is 0 Å². The molecular weight excluding hydrogens is 444 g/mol. The maximum Gasteiger partial charge on any atom is 0.334 e. The lowest BCUT2D eigenvalue weighted by molar-refractivity contribution is -0.155. The summed E-state index contributed by atoms with van der Waals surface area (Å²) in [6, 6.07) is 18.9. The van der Waals surface area contributed by atoms with E-state index in [0.717, 1.165) is 16.7 Å². The number of allylic oxidation sites excluding steroid dienone is 1. The van der Waals surface area contributed by atoms with Gasteiger partial charge in [0.15, 0.2) is 0 Å². The van der Waals surface area contributed by atoms with E-state index >= 15 is 0 Å². The first kappa shape index (κ1) is 25.8. The second kappa shape index (κ2) is 13.2. The molecule has 1 aliphatic carbocycles. The SMILES string of the molecule is C=COC1C(C)C=C(/C(=C/C(=O)OCc2ccccc2)OCC)CC1C(=O)OCc1ccccc1. The maximum atomic E-state index is 13.1. The Balaban J connectivity index is 1.75. The number of hydrogen-bond acceptors (Lipinski definition) is 6. The van der Waals surface area contributed by atoms with Crippen molar-refractivity contribution in [3.05, 3.63) is 108 Å². The van der Waals surface area contributed by atoms with Gasteiger partial charge in [0, 0.05) is 5.92 Å². The number of carbonyl (C=O) groups is 2. The molecule has 0 heterocycles. The molecular formula is C29H32O6. The smallest absolute Gasteiger partial charge is 0.334 e. The normalized spacial score (nSPS) is 19.8. The van der Waals surface area contributed by atoms with Crippen LogP contribution in [0.15, 0.2) is 97.0 Å². The zero-order chi connectivity index (χ0) is 25.0. The van der Waals surface area contributed by atoms with Crippen molar-refractivity contribution in [1.82, 2.24) is 0 Å². The molecule has 3 unspecified atom stereocenters. The quantitative estimate of drug-likeness (QED) is 0.242. The molecule has 2 aromatic carbocycles. The van der Waals surface area contributed by atoms with E-state index < -0.39 is 18.0 Å². The highest BCUT2D eigenvalue weighted by molar-refractivity contribution is 5.83. The van der Waals surface area contributed by atoms with E-state index in [0.29, 0.717) is 18.8 Å². The van der Waals surface area contributed by atoms with Crippen molar-refractivity contribution in [2.75, 3.05) is 6.61 Å². The molecule has 0 aliphatic heterocycles. The molecule has 6 heteroatoms. The van der Waals surface area contributed by atoms with Crippen molar-refractivity contribution in [3.8, 4) is 0 Å². The summed E-state index contributed by atoms with van der Waals surface area (Å²) in [5, 5.41) is 0. The van der Waals surface area contributed by atoms with Gasteiger partial charge in [-0.05, 0) is 30.0 Å². The molecule has 0 bridgehead atoms. The Bertz CT molecular complexity index is 1040. The van der Waals surface area contributed by atoms with Gasteiger partial charge in [0.05, 0.1) is 24.9 Å². The maximum absolute atomic E-state index is 13.1. The Morgan fingerprint density at radius 2 is 1.54 bits per heavy atom. The highest BCUT2D eigenvalue weighted by Crippen LogP contribution is 2.35. The van der Waals surface area contributed by atoms with Crippen LogP contribution in [0.3, 0.4) is 0 Å². The van der Waals surface area contributed by atoms with E-state index in [1.165, 1.54) is 12.3 Å². The number of hydrogen-bond donors (Lipinski definition) is 0. The van der Waals surface area contributed by atoms with Gasteiger partial charge in [-0.1, -0.05) is 80.2 Å². The molecule has 0 spiro atoms. The Kier molecular flexibility index (Phi) is 9.72. The van der Waals surface area contributed by atoms with Gasteiger partial charge in [0.25, 0.3) is 0 Å². The second-order valence-corrected chi connectivity index (χ2v) is 8.26. The lowest BCUT2D eigenvalue weighted by Crippen LogP contribution is -2.38. The molecule has 3 atom stereocenters. The van der Waals surface area contributed by atoms with Gasteiger partial charge in [-0.2, -0.15) is 0 Å². The van der Waals surface area contributed by atoms with Gasteiger partial charge in [0.2, 0.25) is 0 Å². The minimum Gasteiger partial charge on any atom is -0.497 e. The first-order chi connectivity index (χ1) is 17.0.